The van der Waals surface area contributed by atoms with E-state index in [1.165, 1.54) is 6.33 Å². The van der Waals surface area contributed by atoms with Gasteiger partial charge in [-0.15, -0.1) is 0 Å². The highest BCUT2D eigenvalue weighted by Gasteiger charge is 2.40. The highest BCUT2D eigenvalue weighted by molar-refractivity contribution is 5.82. The smallest absolute Gasteiger partial charge is 0.315 e. The molecule has 0 aliphatic rings. The molecule has 19 heavy (non-hydrogen) atoms. The number of benzene rings is 1. The first-order valence-corrected chi connectivity index (χ1v) is 5.92. The fourth-order valence-electron chi connectivity index (χ4n) is 2.09. The van der Waals surface area contributed by atoms with Gasteiger partial charge in [0.15, 0.2) is 0 Å². The highest BCUT2D eigenvalue weighted by atomic mass is 16.4. The number of aliphatic carboxylic acids is 1. The average Bonchev–Trinajstić information content (AvgIpc) is 2.82. The summed E-state index contributed by atoms with van der Waals surface area (Å²) < 4.78 is 1.57. The normalized spacial score (nSPS) is 14.0. The molecule has 1 heterocycles. The van der Waals surface area contributed by atoms with Gasteiger partial charge >= 0.3 is 5.97 Å². The molecule has 1 aromatic carbocycles. The van der Waals surface area contributed by atoms with Gasteiger partial charge in [-0.1, -0.05) is 30.3 Å². The molecule has 1 unspecified atom stereocenters. The van der Waals surface area contributed by atoms with Crippen molar-refractivity contribution in [1.29, 1.82) is 0 Å². The Morgan fingerprint density at radius 1 is 1.42 bits per heavy atom. The number of hydrogen-bond donors (Lipinski definition) is 2. The number of hydrogen-bond acceptors (Lipinski definition) is 4. The average molecular weight is 260 g/mol. The molecule has 0 bridgehead atoms. The Hall–Kier alpha value is -2.21. The summed E-state index contributed by atoms with van der Waals surface area (Å²) in [5.41, 5.74) is 5.26. The Bertz CT molecular complexity index is 567. The second kappa shape index (κ2) is 5.19. The van der Waals surface area contributed by atoms with Crippen molar-refractivity contribution in [3.63, 3.8) is 0 Å². The lowest BCUT2D eigenvalue weighted by atomic mass is 9.77. The molecule has 100 valence electrons. The minimum absolute atomic E-state index is 0.000787. The molecule has 1 atom stereocenters. The van der Waals surface area contributed by atoms with Gasteiger partial charge in [-0.2, -0.15) is 5.10 Å². The lowest BCUT2D eigenvalue weighted by molar-refractivity contribution is -0.143. The van der Waals surface area contributed by atoms with Crippen LogP contribution in [0, 0.1) is 0 Å². The molecule has 3 N–H and O–H groups in total. The van der Waals surface area contributed by atoms with E-state index in [2.05, 4.69) is 10.1 Å². The summed E-state index contributed by atoms with van der Waals surface area (Å²) in [6.45, 7) is -0.000787. The van der Waals surface area contributed by atoms with Crippen LogP contribution in [0.2, 0.25) is 0 Å². The topological polar surface area (TPSA) is 94.0 Å². The van der Waals surface area contributed by atoms with E-state index in [9.17, 15) is 9.90 Å². The van der Waals surface area contributed by atoms with Gasteiger partial charge in [-0.3, -0.25) is 9.48 Å². The number of carboxylic acid groups (broad SMARTS) is 1. The zero-order chi connectivity index (χ0) is 13.9. The molecule has 2 rings (SSSR count). The van der Waals surface area contributed by atoms with Gasteiger partial charge in [0.25, 0.3) is 0 Å². The summed E-state index contributed by atoms with van der Waals surface area (Å²) in [5, 5.41) is 13.6. The molecule has 2 aromatic rings. The van der Waals surface area contributed by atoms with Crippen molar-refractivity contribution in [1.82, 2.24) is 14.8 Å². The molecule has 0 amide bonds. The number of carboxylic acids is 1. The predicted molar refractivity (Wildman–Crippen MR) is 69.5 cm³/mol. The number of nitrogens with zero attached hydrogens (tertiary/aromatic N) is 3. The molecule has 0 saturated carbocycles. The largest absolute Gasteiger partial charge is 0.481 e. The molecule has 6 nitrogen and oxygen atoms in total. The van der Waals surface area contributed by atoms with Crippen LogP contribution in [0.4, 0.5) is 0 Å². The van der Waals surface area contributed by atoms with Crippen molar-refractivity contribution in [3.05, 3.63) is 48.0 Å². The van der Waals surface area contributed by atoms with Crippen LogP contribution in [0.3, 0.4) is 0 Å². The fraction of sp³-hybridized carbons (Fsp3) is 0.308. The fourth-order valence-corrected chi connectivity index (χ4v) is 2.09. The van der Waals surface area contributed by atoms with Crippen LogP contribution in [0.25, 0.3) is 0 Å². The summed E-state index contributed by atoms with van der Waals surface area (Å²) in [6.07, 6.45) is 1.61. The van der Waals surface area contributed by atoms with E-state index in [1.54, 1.807) is 36.0 Å². The number of nitrogens with two attached hydrogens (primary N) is 1. The first-order valence-electron chi connectivity index (χ1n) is 5.92. The minimum Gasteiger partial charge on any atom is -0.481 e. The van der Waals surface area contributed by atoms with Gasteiger partial charge in [0.2, 0.25) is 0 Å². The van der Waals surface area contributed by atoms with Crippen LogP contribution in [-0.4, -0.2) is 32.4 Å². The number of aromatic nitrogens is 3. The van der Waals surface area contributed by atoms with E-state index in [0.717, 1.165) is 0 Å². The maximum absolute atomic E-state index is 11.8. The van der Waals surface area contributed by atoms with Crippen molar-refractivity contribution in [2.75, 3.05) is 6.54 Å². The molecule has 0 aliphatic carbocycles. The number of rotatable bonds is 5. The van der Waals surface area contributed by atoms with Crippen LogP contribution < -0.4 is 5.73 Å². The molecule has 6 heteroatoms. The standard InChI is InChI=1S/C13H16N4O2/c1-17-11(15-9-16-17)7-13(8-14,12(18)19)10-5-3-2-4-6-10/h2-6,9H,7-8,14H2,1H3,(H,18,19). The lowest BCUT2D eigenvalue weighted by Crippen LogP contribution is -2.45. The quantitative estimate of drug-likeness (QED) is 0.808. The Kier molecular flexibility index (Phi) is 3.62. The molecule has 0 spiro atoms. The summed E-state index contributed by atoms with van der Waals surface area (Å²) in [5.74, 6) is -0.360. The number of aryl methyl sites for hydroxylation is 1. The third kappa shape index (κ3) is 2.34. The Morgan fingerprint density at radius 2 is 2.11 bits per heavy atom. The molecular weight excluding hydrogens is 244 g/mol. The van der Waals surface area contributed by atoms with E-state index in [0.29, 0.717) is 11.4 Å². The molecular formula is C13H16N4O2. The van der Waals surface area contributed by atoms with E-state index < -0.39 is 11.4 Å². The molecule has 0 fully saturated rings. The van der Waals surface area contributed by atoms with E-state index in [1.807, 2.05) is 6.07 Å². The maximum atomic E-state index is 11.8. The van der Waals surface area contributed by atoms with Crippen molar-refractivity contribution < 1.29 is 9.90 Å². The Labute approximate surface area is 110 Å². The molecule has 0 saturated heterocycles. The van der Waals surface area contributed by atoms with Crippen LogP contribution >= 0.6 is 0 Å². The van der Waals surface area contributed by atoms with Gasteiger partial charge in [0, 0.05) is 20.0 Å². The second-order valence-electron chi connectivity index (χ2n) is 4.43. The van der Waals surface area contributed by atoms with E-state index >= 15 is 0 Å². The predicted octanol–water partition coefficient (Wildman–Crippen LogP) is 0.339. The van der Waals surface area contributed by atoms with Gasteiger partial charge in [0.1, 0.15) is 17.6 Å². The second-order valence-corrected chi connectivity index (χ2v) is 4.43. The first kappa shape index (κ1) is 13.2. The van der Waals surface area contributed by atoms with Crippen LogP contribution in [0.1, 0.15) is 11.4 Å². The third-order valence-electron chi connectivity index (χ3n) is 3.35. The summed E-state index contributed by atoms with van der Waals surface area (Å²) >= 11 is 0. The van der Waals surface area contributed by atoms with E-state index in [-0.39, 0.29) is 13.0 Å². The van der Waals surface area contributed by atoms with Crippen molar-refractivity contribution in [2.24, 2.45) is 12.8 Å². The Morgan fingerprint density at radius 3 is 2.58 bits per heavy atom. The van der Waals surface area contributed by atoms with Crippen LogP contribution in [-0.2, 0) is 23.7 Å². The Balaban J connectivity index is 2.47. The van der Waals surface area contributed by atoms with Crippen LogP contribution in [0.15, 0.2) is 36.7 Å². The highest BCUT2D eigenvalue weighted by Crippen LogP contribution is 2.27. The molecule has 0 radical (unpaired) electrons. The van der Waals surface area contributed by atoms with Gasteiger partial charge < -0.3 is 10.8 Å². The van der Waals surface area contributed by atoms with Gasteiger partial charge in [-0.25, -0.2) is 4.98 Å². The third-order valence-corrected chi connectivity index (χ3v) is 3.35. The van der Waals surface area contributed by atoms with Crippen LogP contribution in [0.5, 0.6) is 0 Å². The molecule has 1 aromatic heterocycles. The SMILES string of the molecule is Cn1ncnc1CC(CN)(C(=O)O)c1ccccc1. The monoisotopic (exact) mass is 260 g/mol. The van der Waals surface area contributed by atoms with Crippen molar-refractivity contribution in [3.8, 4) is 0 Å². The van der Waals surface area contributed by atoms with E-state index in [4.69, 9.17) is 5.73 Å². The number of carbonyl (C=O) groups is 1. The first-order chi connectivity index (χ1) is 9.10. The van der Waals surface area contributed by atoms with Gasteiger partial charge in [-0.05, 0) is 5.56 Å². The maximum Gasteiger partial charge on any atom is 0.315 e. The van der Waals surface area contributed by atoms with Gasteiger partial charge in [0.05, 0.1) is 0 Å². The van der Waals surface area contributed by atoms with Crippen molar-refractivity contribution in [2.45, 2.75) is 11.8 Å². The lowest BCUT2D eigenvalue weighted by Gasteiger charge is -2.27. The summed E-state index contributed by atoms with van der Waals surface area (Å²) in [7, 11) is 1.73. The summed E-state index contributed by atoms with van der Waals surface area (Å²) in [4.78, 5) is 15.8. The summed E-state index contributed by atoms with van der Waals surface area (Å²) in [6, 6.07) is 9.00. The zero-order valence-corrected chi connectivity index (χ0v) is 10.7. The molecule has 0 aliphatic heterocycles. The van der Waals surface area contributed by atoms with Crippen molar-refractivity contribution >= 4 is 5.97 Å². The zero-order valence-electron chi connectivity index (χ0n) is 10.7. The minimum atomic E-state index is -1.18.